The number of nitrogens with one attached hydrogen (secondary N) is 1. The fourth-order valence-corrected chi connectivity index (χ4v) is 5.40. The van der Waals surface area contributed by atoms with Crippen LogP contribution in [0.1, 0.15) is 39.7 Å². The molecule has 2 N–H and O–H groups in total. The number of hydrogen-bond donors (Lipinski definition) is 2. The van der Waals surface area contributed by atoms with Gasteiger partial charge in [0.1, 0.15) is 6.10 Å². The van der Waals surface area contributed by atoms with Crippen LogP contribution >= 0.6 is 11.3 Å². The highest BCUT2D eigenvalue weighted by molar-refractivity contribution is 7.89. The Morgan fingerprint density at radius 2 is 1.88 bits per heavy atom. The van der Waals surface area contributed by atoms with Gasteiger partial charge in [0.15, 0.2) is 0 Å². The second kappa shape index (κ2) is 7.87. The second-order valence-corrected chi connectivity index (χ2v) is 9.21. The highest BCUT2D eigenvalue weighted by Crippen LogP contribution is 2.23. The van der Waals surface area contributed by atoms with E-state index in [1.807, 2.05) is 18.4 Å². The number of aliphatic hydroxyl groups is 1. The summed E-state index contributed by atoms with van der Waals surface area (Å²) < 4.78 is 26.4. The van der Waals surface area contributed by atoms with Crippen molar-refractivity contribution in [1.82, 2.24) is 9.62 Å². The molecule has 0 bridgehead atoms. The second-order valence-electron chi connectivity index (χ2n) is 6.33. The van der Waals surface area contributed by atoms with E-state index in [2.05, 4.69) is 5.32 Å². The predicted molar refractivity (Wildman–Crippen MR) is 101 cm³/mol. The average Bonchev–Trinajstić information content (AvgIpc) is 3.31. The Balaban J connectivity index is 1.63. The lowest BCUT2D eigenvalue weighted by Crippen LogP contribution is -2.29. The first-order valence-corrected chi connectivity index (χ1v) is 10.8. The van der Waals surface area contributed by atoms with Gasteiger partial charge in [0.25, 0.3) is 5.91 Å². The Morgan fingerprint density at radius 3 is 2.46 bits per heavy atom. The van der Waals surface area contributed by atoms with Gasteiger partial charge in [-0.1, -0.05) is 0 Å². The van der Waals surface area contributed by atoms with Crippen molar-refractivity contribution in [3.8, 4) is 0 Å². The summed E-state index contributed by atoms with van der Waals surface area (Å²) in [6.07, 6.45) is 1.01. The van der Waals surface area contributed by atoms with Gasteiger partial charge in [-0.25, -0.2) is 8.42 Å². The minimum atomic E-state index is -3.48. The Labute approximate surface area is 157 Å². The number of carbonyl (C=O) groups is 1. The van der Waals surface area contributed by atoms with E-state index in [0.29, 0.717) is 18.7 Å². The van der Waals surface area contributed by atoms with Gasteiger partial charge in [0.2, 0.25) is 10.0 Å². The van der Waals surface area contributed by atoms with Crippen LogP contribution < -0.4 is 5.32 Å². The van der Waals surface area contributed by atoms with Gasteiger partial charge in [0, 0.05) is 30.1 Å². The summed E-state index contributed by atoms with van der Waals surface area (Å²) in [6.45, 7) is 3.11. The average molecular weight is 395 g/mol. The van der Waals surface area contributed by atoms with Crippen LogP contribution in [0.25, 0.3) is 0 Å². The Hall–Kier alpha value is -1.74. The maximum atomic E-state index is 12.5. The minimum absolute atomic E-state index is 0.105. The van der Waals surface area contributed by atoms with Crippen molar-refractivity contribution in [2.45, 2.75) is 30.8 Å². The van der Waals surface area contributed by atoms with E-state index < -0.39 is 16.1 Å². The van der Waals surface area contributed by atoms with E-state index in [4.69, 9.17) is 0 Å². The first kappa shape index (κ1) is 19.0. The van der Waals surface area contributed by atoms with Crippen LogP contribution in [0.3, 0.4) is 0 Å². The number of amides is 1. The molecule has 2 heterocycles. The molecule has 3 rings (SSSR count). The molecule has 0 radical (unpaired) electrons. The highest BCUT2D eigenvalue weighted by atomic mass is 32.2. The first-order chi connectivity index (χ1) is 12.4. The van der Waals surface area contributed by atoms with Crippen LogP contribution in [0.15, 0.2) is 40.6 Å². The quantitative estimate of drug-likeness (QED) is 0.787. The summed E-state index contributed by atoms with van der Waals surface area (Å²) in [4.78, 5) is 13.3. The third-order valence-corrected chi connectivity index (χ3v) is 7.51. The number of carbonyl (C=O) groups excluding carboxylic acids is 1. The fourth-order valence-electron chi connectivity index (χ4n) is 2.97. The van der Waals surface area contributed by atoms with Crippen LogP contribution in [0.5, 0.6) is 0 Å². The molecule has 1 aliphatic rings. The van der Waals surface area contributed by atoms with Gasteiger partial charge in [-0.15, -0.1) is 11.3 Å². The summed E-state index contributed by atoms with van der Waals surface area (Å²) in [5.74, 6) is -0.344. The molecule has 26 heavy (non-hydrogen) atoms. The molecule has 0 spiro atoms. The molecule has 1 fully saturated rings. The van der Waals surface area contributed by atoms with Gasteiger partial charge in [0.05, 0.1) is 4.90 Å². The Bertz CT molecular complexity index is 869. The maximum absolute atomic E-state index is 12.5. The highest BCUT2D eigenvalue weighted by Gasteiger charge is 2.27. The van der Waals surface area contributed by atoms with Gasteiger partial charge in [-0.3, -0.25) is 4.79 Å². The molecule has 1 amide bonds. The van der Waals surface area contributed by atoms with E-state index in [-0.39, 0.29) is 17.3 Å². The Kier molecular flexibility index (Phi) is 5.76. The van der Waals surface area contributed by atoms with E-state index in [1.54, 1.807) is 0 Å². The standard InChI is InChI=1S/C18H22N2O4S2/c1-13-8-11-25-17(13)16(21)12-19-18(22)14-4-6-15(7-5-14)26(23,24)20-9-2-3-10-20/h4-8,11,16,21H,2-3,9-10,12H2,1H3,(H,19,22). The van der Waals surface area contributed by atoms with Gasteiger partial charge in [-0.05, 0) is 61.0 Å². The van der Waals surface area contributed by atoms with E-state index in [1.165, 1.54) is 39.9 Å². The van der Waals surface area contributed by atoms with Crippen molar-refractivity contribution in [3.05, 3.63) is 51.7 Å². The lowest BCUT2D eigenvalue weighted by molar-refractivity contribution is 0.0917. The van der Waals surface area contributed by atoms with Crippen molar-refractivity contribution in [3.63, 3.8) is 0 Å². The zero-order valence-electron chi connectivity index (χ0n) is 14.5. The van der Waals surface area contributed by atoms with E-state index >= 15 is 0 Å². The molecule has 1 aromatic carbocycles. The number of thiophene rings is 1. The summed E-state index contributed by atoms with van der Waals surface area (Å²) >= 11 is 1.45. The number of sulfonamides is 1. The number of aryl methyl sites for hydroxylation is 1. The van der Waals surface area contributed by atoms with E-state index in [0.717, 1.165) is 23.3 Å². The maximum Gasteiger partial charge on any atom is 0.251 e. The fraction of sp³-hybridized carbons (Fsp3) is 0.389. The molecule has 140 valence electrons. The first-order valence-electron chi connectivity index (χ1n) is 8.50. The molecular formula is C18H22N2O4S2. The number of benzene rings is 1. The van der Waals surface area contributed by atoms with Gasteiger partial charge >= 0.3 is 0 Å². The summed E-state index contributed by atoms with van der Waals surface area (Å²) in [7, 11) is -3.48. The molecule has 0 saturated carbocycles. The molecule has 0 aliphatic carbocycles. The topological polar surface area (TPSA) is 86.7 Å². The molecule has 1 aliphatic heterocycles. The number of aliphatic hydroxyl groups excluding tert-OH is 1. The molecule has 1 atom stereocenters. The minimum Gasteiger partial charge on any atom is -0.386 e. The molecule has 1 aromatic heterocycles. The smallest absolute Gasteiger partial charge is 0.251 e. The molecule has 1 unspecified atom stereocenters. The van der Waals surface area contributed by atoms with Crippen LogP contribution in [-0.2, 0) is 10.0 Å². The third-order valence-electron chi connectivity index (χ3n) is 4.48. The Morgan fingerprint density at radius 1 is 1.23 bits per heavy atom. The van der Waals surface area contributed by atoms with Crippen LogP contribution in [0.4, 0.5) is 0 Å². The van der Waals surface area contributed by atoms with Gasteiger partial charge < -0.3 is 10.4 Å². The number of rotatable bonds is 6. The lowest BCUT2D eigenvalue weighted by Gasteiger charge is -2.15. The number of hydrogen-bond acceptors (Lipinski definition) is 5. The zero-order chi connectivity index (χ0) is 18.7. The molecular weight excluding hydrogens is 372 g/mol. The van der Waals surface area contributed by atoms with Crippen molar-refractivity contribution in [1.29, 1.82) is 0 Å². The number of nitrogens with zero attached hydrogens (tertiary/aromatic N) is 1. The van der Waals surface area contributed by atoms with Crippen LogP contribution in [-0.4, -0.2) is 43.4 Å². The van der Waals surface area contributed by atoms with Crippen molar-refractivity contribution < 1.29 is 18.3 Å². The largest absolute Gasteiger partial charge is 0.386 e. The third kappa shape index (κ3) is 3.98. The normalized spacial score (nSPS) is 16.5. The molecule has 2 aromatic rings. The molecule has 8 heteroatoms. The zero-order valence-corrected chi connectivity index (χ0v) is 16.1. The summed E-state index contributed by atoms with van der Waals surface area (Å²) in [6, 6.07) is 7.84. The SMILES string of the molecule is Cc1ccsc1C(O)CNC(=O)c1ccc(S(=O)(=O)N2CCCC2)cc1. The predicted octanol–water partition coefficient (Wildman–Crippen LogP) is 2.30. The van der Waals surface area contributed by atoms with Crippen LogP contribution in [0, 0.1) is 6.92 Å². The van der Waals surface area contributed by atoms with Crippen molar-refractivity contribution in [2.24, 2.45) is 0 Å². The van der Waals surface area contributed by atoms with E-state index in [9.17, 15) is 18.3 Å². The molecule has 6 nitrogen and oxygen atoms in total. The monoisotopic (exact) mass is 394 g/mol. The van der Waals surface area contributed by atoms with Crippen molar-refractivity contribution >= 4 is 27.3 Å². The summed E-state index contributed by atoms with van der Waals surface area (Å²) in [5, 5.41) is 14.8. The lowest BCUT2D eigenvalue weighted by atomic mass is 10.2. The molecule has 1 saturated heterocycles. The van der Waals surface area contributed by atoms with Crippen LogP contribution in [0.2, 0.25) is 0 Å². The van der Waals surface area contributed by atoms with Crippen molar-refractivity contribution in [2.75, 3.05) is 19.6 Å². The van der Waals surface area contributed by atoms with Gasteiger partial charge in [-0.2, -0.15) is 4.31 Å². The summed E-state index contributed by atoms with van der Waals surface area (Å²) in [5.41, 5.74) is 1.36.